The zero-order chi connectivity index (χ0) is 19.8. The average Bonchev–Trinajstić information content (AvgIpc) is 2.61. The second-order valence-corrected chi connectivity index (χ2v) is 6.97. The molecule has 0 bridgehead atoms. The van der Waals surface area contributed by atoms with Gasteiger partial charge < -0.3 is 10.4 Å². The molecule has 0 spiro atoms. The Morgan fingerprint density at radius 2 is 1.74 bits per heavy atom. The Morgan fingerprint density at radius 1 is 1.04 bits per heavy atom. The highest BCUT2D eigenvalue weighted by Crippen LogP contribution is 2.33. The third-order valence-corrected chi connectivity index (χ3v) is 4.68. The molecule has 3 N–H and O–H groups in total. The summed E-state index contributed by atoms with van der Waals surface area (Å²) in [5, 5.41) is 23.4. The van der Waals surface area contributed by atoms with Crippen molar-refractivity contribution in [2.75, 3.05) is 5.32 Å². The average molecular weight is 388 g/mol. The summed E-state index contributed by atoms with van der Waals surface area (Å²) >= 11 is 0. The van der Waals surface area contributed by atoms with E-state index in [-0.39, 0.29) is 27.7 Å². The first kappa shape index (κ1) is 18.3. The highest BCUT2D eigenvalue weighted by Gasteiger charge is 2.18. The summed E-state index contributed by atoms with van der Waals surface area (Å²) in [5.74, 6) is -1.09. The zero-order valence-corrected chi connectivity index (χ0v) is 14.3. The fourth-order valence-electron chi connectivity index (χ4n) is 2.61. The van der Waals surface area contributed by atoms with Crippen LogP contribution in [0.4, 0.5) is 11.4 Å². The zero-order valence-electron chi connectivity index (χ0n) is 13.5. The van der Waals surface area contributed by atoms with Crippen molar-refractivity contribution in [2.24, 2.45) is 0 Å². The standard InChI is InChI=1S/C17H12N2O7S/c20-12-8-14-13(16(9-12)27(24,25)26)5-2-6-15(14)18-17(21)10-3-1-4-11(7-10)19(22)23/h1-9,20H,(H,18,21)(H,24,25,26). The quantitative estimate of drug-likeness (QED) is 0.354. The summed E-state index contributed by atoms with van der Waals surface area (Å²) in [6, 6.07) is 11.5. The number of phenolic OH excluding ortho intramolecular Hbond substituents is 1. The molecule has 0 heterocycles. The summed E-state index contributed by atoms with van der Waals surface area (Å²) in [6.07, 6.45) is 0. The number of nitrogens with one attached hydrogen (secondary N) is 1. The van der Waals surface area contributed by atoms with Gasteiger partial charge in [-0.3, -0.25) is 19.5 Å². The summed E-state index contributed by atoms with van der Waals surface area (Å²) in [4.78, 5) is 22.1. The Bertz CT molecular complexity index is 1190. The molecular formula is C17H12N2O7S. The van der Waals surface area contributed by atoms with Gasteiger partial charge in [0.25, 0.3) is 21.7 Å². The Hall–Kier alpha value is -3.50. The number of carbonyl (C=O) groups is 1. The SMILES string of the molecule is O=C(Nc1cccc2c(S(=O)(=O)O)cc(O)cc12)c1cccc([N+](=O)[O-])c1. The minimum absolute atomic E-state index is 0.0244. The lowest BCUT2D eigenvalue weighted by atomic mass is 10.1. The van der Waals surface area contributed by atoms with E-state index >= 15 is 0 Å². The van der Waals surface area contributed by atoms with Crippen molar-refractivity contribution in [1.82, 2.24) is 0 Å². The second-order valence-electron chi connectivity index (χ2n) is 5.58. The van der Waals surface area contributed by atoms with Crippen molar-refractivity contribution >= 4 is 38.2 Å². The number of nitro groups is 1. The van der Waals surface area contributed by atoms with Crippen molar-refractivity contribution in [3.05, 3.63) is 70.3 Å². The Balaban J connectivity index is 2.08. The van der Waals surface area contributed by atoms with Crippen LogP contribution in [-0.4, -0.2) is 28.9 Å². The molecule has 138 valence electrons. The lowest BCUT2D eigenvalue weighted by Crippen LogP contribution is -2.12. The van der Waals surface area contributed by atoms with Gasteiger partial charge in [-0.15, -0.1) is 0 Å². The largest absolute Gasteiger partial charge is 0.508 e. The van der Waals surface area contributed by atoms with Crippen molar-refractivity contribution in [3.8, 4) is 5.75 Å². The topological polar surface area (TPSA) is 147 Å². The summed E-state index contributed by atoms with van der Waals surface area (Å²) in [6.45, 7) is 0. The van der Waals surface area contributed by atoms with Gasteiger partial charge in [0.2, 0.25) is 0 Å². The van der Waals surface area contributed by atoms with Gasteiger partial charge in [-0.1, -0.05) is 18.2 Å². The molecule has 0 fully saturated rings. The smallest absolute Gasteiger partial charge is 0.295 e. The molecule has 1 amide bonds. The Labute approximate surface area is 152 Å². The van der Waals surface area contributed by atoms with Crippen LogP contribution in [0.5, 0.6) is 5.75 Å². The lowest BCUT2D eigenvalue weighted by Gasteiger charge is -2.11. The van der Waals surface area contributed by atoms with E-state index in [0.29, 0.717) is 0 Å². The van der Waals surface area contributed by atoms with Gasteiger partial charge in [0.15, 0.2) is 0 Å². The van der Waals surface area contributed by atoms with E-state index in [0.717, 1.165) is 12.1 Å². The minimum atomic E-state index is -4.61. The van der Waals surface area contributed by atoms with Crippen LogP contribution in [0.3, 0.4) is 0 Å². The number of anilines is 1. The molecule has 0 unspecified atom stereocenters. The van der Waals surface area contributed by atoms with E-state index in [2.05, 4.69) is 5.32 Å². The Kier molecular flexibility index (Phi) is 4.52. The third-order valence-electron chi connectivity index (χ3n) is 3.79. The predicted octanol–water partition coefficient (Wildman–Crippen LogP) is 2.95. The van der Waals surface area contributed by atoms with Crippen LogP contribution in [-0.2, 0) is 10.1 Å². The van der Waals surface area contributed by atoms with Gasteiger partial charge in [-0.2, -0.15) is 8.42 Å². The maximum Gasteiger partial charge on any atom is 0.295 e. The fourth-order valence-corrected chi connectivity index (χ4v) is 3.34. The van der Waals surface area contributed by atoms with Crippen LogP contribution < -0.4 is 5.32 Å². The van der Waals surface area contributed by atoms with Crippen LogP contribution in [0.25, 0.3) is 10.8 Å². The lowest BCUT2D eigenvalue weighted by molar-refractivity contribution is -0.384. The van der Waals surface area contributed by atoms with Crippen LogP contribution in [0.1, 0.15) is 10.4 Å². The van der Waals surface area contributed by atoms with E-state index < -0.39 is 31.6 Å². The number of benzene rings is 3. The molecule has 0 aromatic heterocycles. The van der Waals surface area contributed by atoms with Crippen molar-refractivity contribution in [3.63, 3.8) is 0 Å². The number of hydrogen-bond acceptors (Lipinski definition) is 6. The molecular weight excluding hydrogens is 376 g/mol. The van der Waals surface area contributed by atoms with E-state index in [4.69, 9.17) is 0 Å². The normalized spacial score (nSPS) is 11.3. The van der Waals surface area contributed by atoms with E-state index in [1.54, 1.807) is 0 Å². The number of hydrogen-bond donors (Lipinski definition) is 3. The van der Waals surface area contributed by atoms with Crippen molar-refractivity contribution in [1.29, 1.82) is 0 Å². The number of nitrogens with zero attached hydrogens (tertiary/aromatic N) is 1. The van der Waals surface area contributed by atoms with Crippen LogP contribution in [0.2, 0.25) is 0 Å². The number of amides is 1. The highest BCUT2D eigenvalue weighted by molar-refractivity contribution is 7.86. The first-order valence-corrected chi connectivity index (χ1v) is 8.90. The molecule has 27 heavy (non-hydrogen) atoms. The van der Waals surface area contributed by atoms with Crippen molar-refractivity contribution < 1.29 is 27.8 Å². The summed E-state index contributed by atoms with van der Waals surface area (Å²) < 4.78 is 32.5. The number of rotatable bonds is 4. The summed E-state index contributed by atoms with van der Waals surface area (Å²) in [5.41, 5.74) is -0.0759. The number of aromatic hydroxyl groups is 1. The number of nitro benzene ring substituents is 1. The molecule has 3 rings (SSSR count). The fraction of sp³-hybridized carbons (Fsp3) is 0. The minimum Gasteiger partial charge on any atom is -0.508 e. The van der Waals surface area contributed by atoms with Gasteiger partial charge >= 0.3 is 0 Å². The maximum atomic E-state index is 12.4. The number of carbonyl (C=O) groups excluding carboxylic acids is 1. The molecule has 0 radical (unpaired) electrons. The number of phenols is 1. The van der Waals surface area contributed by atoms with Gasteiger partial charge in [0, 0.05) is 40.2 Å². The van der Waals surface area contributed by atoms with Gasteiger partial charge in [0.1, 0.15) is 10.6 Å². The highest BCUT2D eigenvalue weighted by atomic mass is 32.2. The van der Waals surface area contributed by atoms with E-state index in [1.165, 1.54) is 42.5 Å². The maximum absolute atomic E-state index is 12.4. The van der Waals surface area contributed by atoms with Crippen LogP contribution >= 0.6 is 0 Å². The first-order chi connectivity index (χ1) is 12.7. The van der Waals surface area contributed by atoms with Crippen LogP contribution in [0, 0.1) is 10.1 Å². The van der Waals surface area contributed by atoms with E-state index in [1.807, 2.05) is 0 Å². The monoisotopic (exact) mass is 388 g/mol. The number of non-ortho nitro benzene ring substituents is 1. The van der Waals surface area contributed by atoms with Gasteiger partial charge in [0.05, 0.1) is 4.92 Å². The van der Waals surface area contributed by atoms with Gasteiger partial charge in [-0.05, 0) is 18.2 Å². The first-order valence-electron chi connectivity index (χ1n) is 7.46. The molecule has 0 saturated carbocycles. The molecule has 0 atom stereocenters. The molecule has 0 saturated heterocycles. The second kappa shape index (κ2) is 6.67. The molecule has 0 aliphatic heterocycles. The molecule has 9 nitrogen and oxygen atoms in total. The third kappa shape index (κ3) is 3.71. The molecule has 0 aliphatic carbocycles. The molecule has 0 aliphatic rings. The molecule has 3 aromatic rings. The Morgan fingerprint density at radius 3 is 2.41 bits per heavy atom. The predicted molar refractivity (Wildman–Crippen MR) is 96.5 cm³/mol. The van der Waals surface area contributed by atoms with Crippen LogP contribution in [0.15, 0.2) is 59.5 Å². The summed E-state index contributed by atoms with van der Waals surface area (Å²) in [7, 11) is -4.61. The van der Waals surface area contributed by atoms with E-state index in [9.17, 15) is 33.0 Å². The number of fused-ring (bicyclic) bond motifs is 1. The van der Waals surface area contributed by atoms with Gasteiger partial charge in [-0.25, -0.2) is 0 Å². The van der Waals surface area contributed by atoms with Crippen molar-refractivity contribution in [2.45, 2.75) is 4.90 Å². The molecule has 3 aromatic carbocycles. The molecule has 10 heteroatoms.